The van der Waals surface area contributed by atoms with Crippen molar-refractivity contribution in [3.05, 3.63) is 88.6 Å². The Bertz CT molecular complexity index is 1480. The molecule has 1 aliphatic rings. The molecule has 1 amide bonds. The van der Waals surface area contributed by atoms with Gasteiger partial charge in [0.2, 0.25) is 0 Å². The summed E-state index contributed by atoms with van der Waals surface area (Å²) in [7, 11) is 0. The molecule has 1 aromatic heterocycles. The quantitative estimate of drug-likeness (QED) is 0.274. The van der Waals surface area contributed by atoms with Crippen molar-refractivity contribution in [2.24, 2.45) is 0 Å². The average molecular weight is 543 g/mol. The molecule has 1 saturated heterocycles. The highest BCUT2D eigenvalue weighted by atomic mass is 35.5. The Labute approximate surface area is 233 Å². The number of carboxylic acid groups (broad SMARTS) is 1. The van der Waals surface area contributed by atoms with E-state index in [0.717, 1.165) is 30.0 Å². The van der Waals surface area contributed by atoms with Crippen molar-refractivity contribution in [3.63, 3.8) is 0 Å². The van der Waals surface area contributed by atoms with Crippen molar-refractivity contribution in [2.45, 2.75) is 32.6 Å². The van der Waals surface area contributed by atoms with E-state index in [9.17, 15) is 9.59 Å². The predicted octanol–water partition coefficient (Wildman–Crippen LogP) is 6.02. The van der Waals surface area contributed by atoms with Crippen LogP contribution in [0.3, 0.4) is 0 Å². The number of piperazine rings is 1. The lowest BCUT2D eigenvalue weighted by Gasteiger charge is -2.36. The minimum absolute atomic E-state index is 0.00737. The van der Waals surface area contributed by atoms with Gasteiger partial charge < -0.3 is 14.9 Å². The zero-order chi connectivity index (χ0) is 27.4. The fraction of sp³-hybridized carbons (Fsp3) is 0.290. The highest BCUT2D eigenvalue weighted by Crippen LogP contribution is 2.27. The second-order valence-corrected chi connectivity index (χ2v) is 10.4. The molecule has 0 unspecified atom stereocenters. The molecule has 0 spiro atoms. The molecule has 1 N–H and O–H groups in total. The van der Waals surface area contributed by atoms with Crippen LogP contribution in [-0.4, -0.2) is 58.0 Å². The zero-order valence-corrected chi connectivity index (χ0v) is 22.7. The normalized spacial score (nSPS) is 13.6. The molecule has 2 heterocycles. The van der Waals surface area contributed by atoms with Crippen molar-refractivity contribution < 1.29 is 14.7 Å². The number of halogens is 1. The minimum atomic E-state index is -0.805. The van der Waals surface area contributed by atoms with Gasteiger partial charge in [0.1, 0.15) is 0 Å². The number of hydrogen-bond donors (Lipinski definition) is 1. The number of unbranched alkanes of at least 4 members (excludes halogenated alkanes) is 1. The molecule has 0 atom stereocenters. The number of anilines is 1. The molecule has 0 bridgehead atoms. The van der Waals surface area contributed by atoms with Crippen LogP contribution >= 0.6 is 11.6 Å². The standard InChI is InChI=1S/C31H31ClN4O3/c1-21-6-13-25(14-7-21)35-16-18-36(19-17-35)31(39)23-10-15-26-28(20-23)33-27(4-2-3-5-29(37)38)30(34-26)22-8-11-24(32)12-9-22/h6-15,20H,2-5,16-19H2,1H3,(H,37,38). The number of amides is 1. The molecule has 1 fully saturated rings. The number of aromatic nitrogens is 2. The maximum absolute atomic E-state index is 13.4. The maximum atomic E-state index is 13.4. The van der Waals surface area contributed by atoms with Gasteiger partial charge in [0.15, 0.2) is 0 Å². The third-order valence-electron chi connectivity index (χ3n) is 7.12. The number of hydrogen-bond acceptors (Lipinski definition) is 5. The van der Waals surface area contributed by atoms with Crippen LogP contribution in [0.4, 0.5) is 5.69 Å². The van der Waals surface area contributed by atoms with Gasteiger partial charge in [-0.3, -0.25) is 9.59 Å². The molecule has 0 aliphatic carbocycles. The van der Waals surface area contributed by atoms with Crippen LogP contribution in [0.1, 0.15) is 40.9 Å². The summed E-state index contributed by atoms with van der Waals surface area (Å²) in [6, 6.07) is 21.4. The summed E-state index contributed by atoms with van der Waals surface area (Å²) in [6.07, 6.45) is 1.94. The van der Waals surface area contributed by atoms with Crippen molar-refractivity contribution in [3.8, 4) is 11.3 Å². The van der Waals surface area contributed by atoms with Gasteiger partial charge in [-0.05, 0) is 68.7 Å². The van der Waals surface area contributed by atoms with Crippen molar-refractivity contribution >= 4 is 40.2 Å². The first-order chi connectivity index (χ1) is 18.9. The van der Waals surface area contributed by atoms with Crippen LogP contribution in [0.25, 0.3) is 22.3 Å². The number of aliphatic carboxylic acids is 1. The summed E-state index contributed by atoms with van der Waals surface area (Å²) in [4.78, 5) is 38.4. The van der Waals surface area contributed by atoms with Crippen LogP contribution in [-0.2, 0) is 11.2 Å². The molecular weight excluding hydrogens is 512 g/mol. The van der Waals surface area contributed by atoms with Crippen LogP contribution in [0.5, 0.6) is 0 Å². The monoisotopic (exact) mass is 542 g/mol. The van der Waals surface area contributed by atoms with Gasteiger partial charge in [-0.2, -0.15) is 0 Å². The molecule has 5 rings (SSSR count). The van der Waals surface area contributed by atoms with Gasteiger partial charge in [-0.25, -0.2) is 9.97 Å². The first-order valence-electron chi connectivity index (χ1n) is 13.3. The van der Waals surface area contributed by atoms with Crippen LogP contribution in [0, 0.1) is 6.92 Å². The molecule has 3 aromatic carbocycles. The fourth-order valence-electron chi connectivity index (χ4n) is 4.91. The number of carbonyl (C=O) groups is 2. The van der Waals surface area contributed by atoms with Gasteiger partial charge in [0.05, 0.1) is 22.4 Å². The first kappa shape index (κ1) is 26.6. The van der Waals surface area contributed by atoms with Gasteiger partial charge in [0.25, 0.3) is 5.91 Å². The van der Waals surface area contributed by atoms with Crippen molar-refractivity contribution in [1.82, 2.24) is 14.9 Å². The highest BCUT2D eigenvalue weighted by Gasteiger charge is 2.23. The van der Waals surface area contributed by atoms with E-state index in [1.807, 2.05) is 47.4 Å². The molecule has 0 radical (unpaired) electrons. The second kappa shape index (κ2) is 11.8. The Morgan fingerprint density at radius 3 is 2.28 bits per heavy atom. The number of carbonyl (C=O) groups excluding carboxylic acids is 1. The third-order valence-corrected chi connectivity index (χ3v) is 7.37. The molecule has 200 valence electrons. The number of rotatable bonds is 8. The van der Waals surface area contributed by atoms with E-state index in [1.54, 1.807) is 0 Å². The maximum Gasteiger partial charge on any atom is 0.303 e. The van der Waals surface area contributed by atoms with Crippen molar-refractivity contribution in [1.29, 1.82) is 0 Å². The lowest BCUT2D eigenvalue weighted by molar-refractivity contribution is -0.137. The van der Waals surface area contributed by atoms with Gasteiger partial charge in [-0.1, -0.05) is 41.4 Å². The first-order valence-corrected chi connectivity index (χ1v) is 13.6. The van der Waals surface area contributed by atoms with E-state index in [-0.39, 0.29) is 12.3 Å². The van der Waals surface area contributed by atoms with Crippen molar-refractivity contribution in [2.75, 3.05) is 31.1 Å². The Morgan fingerprint density at radius 1 is 0.872 bits per heavy atom. The number of nitrogens with zero attached hydrogens (tertiary/aromatic N) is 4. The van der Waals surface area contributed by atoms with E-state index in [4.69, 9.17) is 26.7 Å². The van der Waals surface area contributed by atoms with Gasteiger partial charge >= 0.3 is 5.97 Å². The lowest BCUT2D eigenvalue weighted by atomic mass is 10.0. The van der Waals surface area contributed by atoms with E-state index in [2.05, 4.69) is 36.1 Å². The van der Waals surface area contributed by atoms with Gasteiger partial charge in [-0.15, -0.1) is 0 Å². The van der Waals surface area contributed by atoms with E-state index >= 15 is 0 Å². The summed E-state index contributed by atoms with van der Waals surface area (Å²) in [5, 5.41) is 9.64. The summed E-state index contributed by atoms with van der Waals surface area (Å²) in [5.41, 5.74) is 6.80. The molecule has 1 aliphatic heterocycles. The van der Waals surface area contributed by atoms with Crippen LogP contribution < -0.4 is 4.90 Å². The van der Waals surface area contributed by atoms with Crippen LogP contribution in [0.15, 0.2) is 66.7 Å². The SMILES string of the molecule is Cc1ccc(N2CCN(C(=O)c3ccc4nc(-c5ccc(Cl)cc5)c(CCCCC(=O)O)nc4c3)CC2)cc1. The smallest absolute Gasteiger partial charge is 0.303 e. The molecule has 4 aromatic rings. The molecule has 0 saturated carbocycles. The summed E-state index contributed by atoms with van der Waals surface area (Å²) in [5.74, 6) is -0.813. The summed E-state index contributed by atoms with van der Waals surface area (Å²) >= 11 is 6.09. The van der Waals surface area contributed by atoms with E-state index in [1.165, 1.54) is 11.3 Å². The number of carboxylic acids is 1. The highest BCUT2D eigenvalue weighted by molar-refractivity contribution is 6.30. The number of fused-ring (bicyclic) bond motifs is 1. The summed E-state index contributed by atoms with van der Waals surface area (Å²) in [6.45, 7) is 4.96. The molecular formula is C31H31ClN4O3. The molecule has 8 heteroatoms. The molecule has 7 nitrogen and oxygen atoms in total. The number of aryl methyl sites for hydroxylation is 2. The Balaban J connectivity index is 1.36. The summed E-state index contributed by atoms with van der Waals surface area (Å²) < 4.78 is 0. The molecule has 39 heavy (non-hydrogen) atoms. The topological polar surface area (TPSA) is 86.6 Å². The Morgan fingerprint density at radius 2 is 1.59 bits per heavy atom. The fourth-order valence-corrected chi connectivity index (χ4v) is 5.04. The second-order valence-electron chi connectivity index (χ2n) is 9.94. The van der Waals surface area contributed by atoms with E-state index in [0.29, 0.717) is 54.0 Å². The van der Waals surface area contributed by atoms with E-state index < -0.39 is 5.97 Å². The van der Waals surface area contributed by atoms with Gasteiger partial charge in [0, 0.05) is 54.4 Å². The number of benzene rings is 3. The Hall–Kier alpha value is -3.97. The largest absolute Gasteiger partial charge is 0.481 e. The average Bonchev–Trinajstić information content (AvgIpc) is 2.95. The third kappa shape index (κ3) is 6.37. The predicted molar refractivity (Wildman–Crippen MR) is 154 cm³/mol. The lowest BCUT2D eigenvalue weighted by Crippen LogP contribution is -2.48. The zero-order valence-electron chi connectivity index (χ0n) is 21.9. The minimum Gasteiger partial charge on any atom is -0.481 e. The van der Waals surface area contributed by atoms with Crippen LogP contribution in [0.2, 0.25) is 5.02 Å². The Kier molecular flexibility index (Phi) is 8.07.